The summed E-state index contributed by atoms with van der Waals surface area (Å²) in [7, 11) is 0. The third kappa shape index (κ3) is 2.99. The standard InChI is InChI=1S/C16H19N3/c1-4-5-9-14-15(12(3)18-16(17)19-14)13-8-6-7-11(2)10-13/h4,6-8,10H,1,5,9H2,2-3H3,(H2,17,18,19). The third-order valence-electron chi connectivity index (χ3n) is 3.07. The maximum Gasteiger partial charge on any atom is 0.220 e. The molecule has 0 saturated carbocycles. The minimum Gasteiger partial charge on any atom is -0.368 e. The number of aryl methyl sites for hydroxylation is 3. The van der Waals surface area contributed by atoms with Crippen molar-refractivity contribution in [1.82, 2.24) is 9.97 Å². The first-order valence-electron chi connectivity index (χ1n) is 6.42. The van der Waals surface area contributed by atoms with E-state index in [-0.39, 0.29) is 0 Å². The number of nitrogens with zero attached hydrogens (tertiary/aromatic N) is 2. The zero-order valence-corrected chi connectivity index (χ0v) is 11.5. The van der Waals surface area contributed by atoms with Gasteiger partial charge in [-0.2, -0.15) is 0 Å². The summed E-state index contributed by atoms with van der Waals surface area (Å²) >= 11 is 0. The Morgan fingerprint density at radius 1 is 1.26 bits per heavy atom. The number of rotatable bonds is 4. The van der Waals surface area contributed by atoms with E-state index >= 15 is 0 Å². The summed E-state index contributed by atoms with van der Waals surface area (Å²) in [5.74, 6) is 0.341. The molecule has 1 heterocycles. The van der Waals surface area contributed by atoms with Crippen molar-refractivity contribution >= 4 is 5.95 Å². The highest BCUT2D eigenvalue weighted by Crippen LogP contribution is 2.27. The van der Waals surface area contributed by atoms with Gasteiger partial charge >= 0.3 is 0 Å². The van der Waals surface area contributed by atoms with Gasteiger partial charge in [0.1, 0.15) is 0 Å². The van der Waals surface area contributed by atoms with Gasteiger partial charge in [-0.15, -0.1) is 6.58 Å². The molecular formula is C16H19N3. The average molecular weight is 253 g/mol. The lowest BCUT2D eigenvalue weighted by Crippen LogP contribution is -2.05. The van der Waals surface area contributed by atoms with Crippen LogP contribution < -0.4 is 5.73 Å². The molecule has 0 saturated heterocycles. The van der Waals surface area contributed by atoms with Crippen LogP contribution in [0.15, 0.2) is 36.9 Å². The summed E-state index contributed by atoms with van der Waals surface area (Å²) in [6.07, 6.45) is 3.61. The maximum absolute atomic E-state index is 5.76. The highest BCUT2D eigenvalue weighted by molar-refractivity contribution is 5.69. The van der Waals surface area contributed by atoms with Crippen LogP contribution in [-0.4, -0.2) is 9.97 Å². The highest BCUT2D eigenvalue weighted by Gasteiger charge is 2.12. The molecule has 2 N–H and O–H groups in total. The smallest absolute Gasteiger partial charge is 0.220 e. The lowest BCUT2D eigenvalue weighted by molar-refractivity contribution is 0.927. The first-order valence-corrected chi connectivity index (χ1v) is 6.42. The number of aromatic nitrogens is 2. The van der Waals surface area contributed by atoms with Crippen LogP contribution in [0.1, 0.15) is 23.4 Å². The van der Waals surface area contributed by atoms with Crippen LogP contribution in [0.25, 0.3) is 11.1 Å². The number of nitrogens with two attached hydrogens (primary N) is 1. The van der Waals surface area contributed by atoms with Gasteiger partial charge in [0.15, 0.2) is 0 Å². The van der Waals surface area contributed by atoms with Gasteiger partial charge in [-0.1, -0.05) is 35.9 Å². The van der Waals surface area contributed by atoms with Gasteiger partial charge in [0, 0.05) is 5.56 Å². The Kier molecular flexibility index (Phi) is 3.95. The summed E-state index contributed by atoms with van der Waals surface area (Å²) in [6.45, 7) is 7.83. The van der Waals surface area contributed by atoms with Crippen molar-refractivity contribution in [2.24, 2.45) is 0 Å². The summed E-state index contributed by atoms with van der Waals surface area (Å²) in [6, 6.07) is 8.38. The lowest BCUT2D eigenvalue weighted by atomic mass is 9.98. The van der Waals surface area contributed by atoms with E-state index in [0.717, 1.165) is 35.4 Å². The fourth-order valence-corrected chi connectivity index (χ4v) is 2.25. The summed E-state index contributed by atoms with van der Waals surface area (Å²) in [4.78, 5) is 8.69. The zero-order chi connectivity index (χ0) is 13.8. The van der Waals surface area contributed by atoms with Crippen molar-refractivity contribution in [2.45, 2.75) is 26.7 Å². The van der Waals surface area contributed by atoms with Crippen molar-refractivity contribution in [2.75, 3.05) is 5.73 Å². The molecule has 98 valence electrons. The topological polar surface area (TPSA) is 51.8 Å². The number of hydrogen-bond donors (Lipinski definition) is 1. The van der Waals surface area contributed by atoms with Crippen molar-refractivity contribution in [3.05, 3.63) is 53.9 Å². The van der Waals surface area contributed by atoms with Gasteiger partial charge in [-0.25, -0.2) is 9.97 Å². The van der Waals surface area contributed by atoms with Crippen molar-refractivity contribution in [1.29, 1.82) is 0 Å². The molecular weight excluding hydrogens is 234 g/mol. The van der Waals surface area contributed by atoms with Crippen LogP contribution in [0.3, 0.4) is 0 Å². The van der Waals surface area contributed by atoms with E-state index in [1.807, 2.05) is 13.0 Å². The number of hydrogen-bond acceptors (Lipinski definition) is 3. The Morgan fingerprint density at radius 3 is 2.74 bits per heavy atom. The second-order valence-electron chi connectivity index (χ2n) is 4.69. The number of benzene rings is 1. The molecule has 2 aromatic rings. The Hall–Kier alpha value is -2.16. The van der Waals surface area contributed by atoms with Crippen molar-refractivity contribution < 1.29 is 0 Å². The van der Waals surface area contributed by atoms with E-state index < -0.39 is 0 Å². The molecule has 2 rings (SSSR count). The molecule has 0 spiro atoms. The first-order chi connectivity index (χ1) is 9.11. The zero-order valence-electron chi connectivity index (χ0n) is 11.5. The molecule has 0 aliphatic carbocycles. The molecule has 0 atom stereocenters. The minimum absolute atomic E-state index is 0.341. The Labute approximate surface area is 114 Å². The van der Waals surface area contributed by atoms with Crippen molar-refractivity contribution in [3.63, 3.8) is 0 Å². The Balaban J connectivity index is 2.56. The Morgan fingerprint density at radius 2 is 2.05 bits per heavy atom. The molecule has 19 heavy (non-hydrogen) atoms. The molecule has 0 bridgehead atoms. The average Bonchev–Trinajstić information content (AvgIpc) is 2.35. The molecule has 3 heteroatoms. The van der Waals surface area contributed by atoms with E-state index in [9.17, 15) is 0 Å². The van der Waals surface area contributed by atoms with Gasteiger partial charge in [-0.3, -0.25) is 0 Å². The predicted octanol–water partition coefficient (Wildman–Crippen LogP) is 3.46. The molecule has 0 aliphatic rings. The van der Waals surface area contributed by atoms with E-state index in [4.69, 9.17) is 5.73 Å². The second kappa shape index (κ2) is 5.65. The lowest BCUT2D eigenvalue weighted by Gasteiger charge is -2.12. The number of anilines is 1. The molecule has 0 fully saturated rings. The highest BCUT2D eigenvalue weighted by atomic mass is 15.0. The minimum atomic E-state index is 0.341. The van der Waals surface area contributed by atoms with Crippen LogP contribution in [0.5, 0.6) is 0 Å². The summed E-state index contributed by atoms with van der Waals surface area (Å²) in [5, 5.41) is 0. The van der Waals surface area contributed by atoms with Gasteiger partial charge in [0.05, 0.1) is 11.4 Å². The molecule has 0 unspecified atom stereocenters. The molecule has 1 aromatic heterocycles. The molecule has 0 amide bonds. The molecule has 3 nitrogen and oxygen atoms in total. The van der Waals surface area contributed by atoms with E-state index in [2.05, 4.69) is 47.7 Å². The number of nitrogen functional groups attached to an aromatic ring is 1. The monoisotopic (exact) mass is 253 g/mol. The molecule has 0 aliphatic heterocycles. The predicted molar refractivity (Wildman–Crippen MR) is 79.9 cm³/mol. The largest absolute Gasteiger partial charge is 0.368 e. The quantitative estimate of drug-likeness (QED) is 0.849. The van der Waals surface area contributed by atoms with Crippen molar-refractivity contribution in [3.8, 4) is 11.1 Å². The van der Waals surface area contributed by atoms with Gasteiger partial charge in [-0.05, 0) is 32.3 Å². The Bertz CT molecular complexity index is 603. The van der Waals surface area contributed by atoms with E-state index in [0.29, 0.717) is 5.95 Å². The summed E-state index contributed by atoms with van der Waals surface area (Å²) < 4.78 is 0. The van der Waals surface area contributed by atoms with Crippen LogP contribution in [0, 0.1) is 13.8 Å². The number of allylic oxidation sites excluding steroid dienone is 1. The van der Waals surface area contributed by atoms with Gasteiger partial charge in [0.25, 0.3) is 0 Å². The van der Waals surface area contributed by atoms with E-state index in [1.54, 1.807) is 0 Å². The van der Waals surface area contributed by atoms with Gasteiger partial charge in [0.2, 0.25) is 5.95 Å². The van der Waals surface area contributed by atoms with Gasteiger partial charge < -0.3 is 5.73 Å². The van der Waals surface area contributed by atoms with Crippen LogP contribution in [0.4, 0.5) is 5.95 Å². The maximum atomic E-state index is 5.76. The summed E-state index contributed by atoms with van der Waals surface area (Å²) in [5.41, 5.74) is 11.2. The normalized spacial score (nSPS) is 10.4. The fraction of sp³-hybridized carbons (Fsp3) is 0.250. The fourth-order valence-electron chi connectivity index (χ4n) is 2.25. The SMILES string of the molecule is C=CCCc1nc(N)nc(C)c1-c1cccc(C)c1. The first kappa shape index (κ1) is 13.3. The molecule has 1 aromatic carbocycles. The van der Waals surface area contributed by atoms with Crippen LogP contribution in [0.2, 0.25) is 0 Å². The van der Waals surface area contributed by atoms with E-state index in [1.165, 1.54) is 5.56 Å². The molecule has 0 radical (unpaired) electrons. The third-order valence-corrected chi connectivity index (χ3v) is 3.07. The second-order valence-corrected chi connectivity index (χ2v) is 4.69. The van der Waals surface area contributed by atoms with Crippen LogP contribution >= 0.6 is 0 Å². The van der Waals surface area contributed by atoms with Crippen LogP contribution in [-0.2, 0) is 6.42 Å².